The van der Waals surface area contributed by atoms with Crippen molar-refractivity contribution in [3.05, 3.63) is 35.1 Å². The lowest BCUT2D eigenvalue weighted by Crippen LogP contribution is -2.21. The van der Waals surface area contributed by atoms with E-state index in [0.29, 0.717) is 18.2 Å². The van der Waals surface area contributed by atoms with Gasteiger partial charge in [-0.2, -0.15) is 0 Å². The van der Waals surface area contributed by atoms with Crippen LogP contribution in [0.4, 0.5) is 4.39 Å². The zero-order valence-electron chi connectivity index (χ0n) is 8.78. The summed E-state index contributed by atoms with van der Waals surface area (Å²) in [4.78, 5) is 0. The van der Waals surface area contributed by atoms with Crippen LogP contribution in [0.2, 0.25) is 0 Å². The molecule has 86 valence electrons. The highest BCUT2D eigenvalue weighted by molar-refractivity contribution is 5.98. The molecule has 1 aromatic carbocycles. The lowest BCUT2D eigenvalue weighted by atomic mass is 10.1. The molecule has 2 rings (SSSR count). The van der Waals surface area contributed by atoms with Crippen LogP contribution < -0.4 is 11.1 Å². The van der Waals surface area contributed by atoms with Crippen molar-refractivity contribution >= 4 is 5.84 Å². The predicted octanol–water partition coefficient (Wildman–Crippen LogP) is 1.17. The van der Waals surface area contributed by atoms with E-state index in [2.05, 4.69) is 10.5 Å². The first-order chi connectivity index (χ1) is 7.70. The van der Waals surface area contributed by atoms with E-state index in [-0.39, 0.29) is 5.84 Å². The number of hydrogen-bond acceptors (Lipinski definition) is 3. The number of benzene rings is 1. The number of oxime groups is 1. The maximum absolute atomic E-state index is 13.0. The zero-order chi connectivity index (χ0) is 11.5. The Hall–Kier alpha value is -1.62. The van der Waals surface area contributed by atoms with E-state index in [1.807, 2.05) is 0 Å². The number of nitrogens with zero attached hydrogens (tertiary/aromatic N) is 1. The summed E-state index contributed by atoms with van der Waals surface area (Å²) in [5.74, 6) is -0.455. The van der Waals surface area contributed by atoms with Crippen LogP contribution in [0, 0.1) is 5.82 Å². The number of hydrogen-bond donors (Lipinski definition) is 3. The molecule has 1 aliphatic carbocycles. The molecule has 0 amide bonds. The molecule has 5 heteroatoms. The summed E-state index contributed by atoms with van der Waals surface area (Å²) >= 11 is 0. The normalized spacial score (nSPS) is 16.4. The second-order valence-electron chi connectivity index (χ2n) is 3.94. The largest absolute Gasteiger partial charge is 0.409 e. The first kappa shape index (κ1) is 10.9. The maximum Gasteiger partial charge on any atom is 0.170 e. The molecule has 16 heavy (non-hydrogen) atoms. The summed E-state index contributed by atoms with van der Waals surface area (Å²) in [6.45, 7) is 0.608. The van der Waals surface area contributed by atoms with Crippen molar-refractivity contribution in [2.75, 3.05) is 0 Å². The standard InChI is InChI=1S/C11H14FN3O/c12-8-2-1-7(6-14-9-3-4-9)10(5-8)11(13)15-16/h1-2,5,9,14,16H,3-4,6H2,(H2,13,15). The third-order valence-corrected chi connectivity index (χ3v) is 2.61. The van der Waals surface area contributed by atoms with Crippen LogP contribution in [-0.2, 0) is 6.54 Å². The SMILES string of the molecule is NC(=NO)c1cc(F)ccc1CNC1CC1. The van der Waals surface area contributed by atoms with Gasteiger partial charge in [-0.3, -0.25) is 0 Å². The molecule has 4 N–H and O–H groups in total. The van der Waals surface area contributed by atoms with E-state index in [4.69, 9.17) is 10.9 Å². The van der Waals surface area contributed by atoms with Crippen LogP contribution in [0.25, 0.3) is 0 Å². The first-order valence-corrected chi connectivity index (χ1v) is 5.20. The number of nitrogens with one attached hydrogen (secondary N) is 1. The highest BCUT2D eigenvalue weighted by Gasteiger charge is 2.20. The van der Waals surface area contributed by atoms with Gasteiger partial charge in [0.1, 0.15) is 5.82 Å². The van der Waals surface area contributed by atoms with Crippen LogP contribution in [0.1, 0.15) is 24.0 Å². The Kier molecular flexibility index (Phi) is 3.05. The van der Waals surface area contributed by atoms with E-state index in [1.165, 1.54) is 25.0 Å². The van der Waals surface area contributed by atoms with Gasteiger partial charge in [0.05, 0.1) is 0 Å². The summed E-state index contributed by atoms with van der Waals surface area (Å²) in [6.07, 6.45) is 2.36. The summed E-state index contributed by atoms with van der Waals surface area (Å²) in [5, 5.41) is 14.8. The Morgan fingerprint density at radius 1 is 1.56 bits per heavy atom. The first-order valence-electron chi connectivity index (χ1n) is 5.20. The molecule has 1 aliphatic rings. The molecule has 0 radical (unpaired) electrons. The zero-order valence-corrected chi connectivity index (χ0v) is 8.78. The molecular weight excluding hydrogens is 209 g/mol. The average Bonchev–Trinajstić information content (AvgIpc) is 3.10. The van der Waals surface area contributed by atoms with Crippen LogP contribution >= 0.6 is 0 Å². The molecule has 0 aromatic heterocycles. The fourth-order valence-electron chi connectivity index (χ4n) is 1.54. The quantitative estimate of drug-likeness (QED) is 0.310. The molecule has 1 saturated carbocycles. The third-order valence-electron chi connectivity index (χ3n) is 2.61. The van der Waals surface area contributed by atoms with Crippen LogP contribution in [0.5, 0.6) is 0 Å². The molecule has 0 heterocycles. The van der Waals surface area contributed by atoms with Crippen LogP contribution in [0.3, 0.4) is 0 Å². The van der Waals surface area contributed by atoms with E-state index < -0.39 is 5.82 Å². The van der Waals surface area contributed by atoms with Crippen molar-refractivity contribution in [2.24, 2.45) is 10.9 Å². The molecule has 1 fully saturated rings. The summed E-state index contributed by atoms with van der Waals surface area (Å²) in [7, 11) is 0. The second kappa shape index (κ2) is 4.49. The third kappa shape index (κ3) is 2.49. The highest BCUT2D eigenvalue weighted by atomic mass is 19.1. The van der Waals surface area contributed by atoms with Gasteiger partial charge in [-0.15, -0.1) is 0 Å². The summed E-state index contributed by atoms with van der Waals surface area (Å²) in [5.41, 5.74) is 6.77. The lowest BCUT2D eigenvalue weighted by Gasteiger charge is -2.09. The lowest BCUT2D eigenvalue weighted by molar-refractivity contribution is 0.318. The molecule has 0 aliphatic heterocycles. The predicted molar refractivity (Wildman–Crippen MR) is 58.8 cm³/mol. The Bertz CT molecular complexity index is 416. The van der Waals surface area contributed by atoms with Gasteiger partial charge >= 0.3 is 0 Å². The fourth-order valence-corrected chi connectivity index (χ4v) is 1.54. The van der Waals surface area contributed by atoms with E-state index in [9.17, 15) is 4.39 Å². The molecule has 4 nitrogen and oxygen atoms in total. The minimum absolute atomic E-state index is 0.0629. The molecule has 0 spiro atoms. The van der Waals surface area contributed by atoms with Crippen molar-refractivity contribution < 1.29 is 9.60 Å². The monoisotopic (exact) mass is 223 g/mol. The molecule has 0 bridgehead atoms. The summed E-state index contributed by atoms with van der Waals surface area (Å²) in [6, 6.07) is 4.86. The van der Waals surface area contributed by atoms with Crippen molar-refractivity contribution in [1.29, 1.82) is 0 Å². The van der Waals surface area contributed by atoms with Crippen molar-refractivity contribution in [3.63, 3.8) is 0 Å². The number of nitrogens with two attached hydrogens (primary N) is 1. The van der Waals surface area contributed by atoms with Crippen LogP contribution in [-0.4, -0.2) is 17.1 Å². The average molecular weight is 223 g/mol. The number of halogens is 1. The minimum Gasteiger partial charge on any atom is -0.409 e. The summed E-state index contributed by atoms with van der Waals surface area (Å²) < 4.78 is 13.0. The Morgan fingerprint density at radius 3 is 2.94 bits per heavy atom. The van der Waals surface area contributed by atoms with Crippen molar-refractivity contribution in [2.45, 2.75) is 25.4 Å². The van der Waals surface area contributed by atoms with Gasteiger partial charge in [-0.1, -0.05) is 11.2 Å². The van der Waals surface area contributed by atoms with E-state index in [0.717, 1.165) is 5.56 Å². The molecular formula is C11H14FN3O. The van der Waals surface area contributed by atoms with Gasteiger partial charge in [0.15, 0.2) is 5.84 Å². The van der Waals surface area contributed by atoms with Gasteiger partial charge in [-0.25, -0.2) is 4.39 Å². The van der Waals surface area contributed by atoms with Crippen molar-refractivity contribution in [1.82, 2.24) is 5.32 Å². The van der Waals surface area contributed by atoms with Gasteiger partial charge in [0.25, 0.3) is 0 Å². The molecule has 0 unspecified atom stereocenters. The van der Waals surface area contributed by atoms with Gasteiger partial charge in [0, 0.05) is 18.2 Å². The second-order valence-corrected chi connectivity index (χ2v) is 3.94. The number of rotatable bonds is 4. The van der Waals surface area contributed by atoms with E-state index >= 15 is 0 Å². The van der Waals surface area contributed by atoms with Gasteiger partial charge in [0.2, 0.25) is 0 Å². The van der Waals surface area contributed by atoms with Crippen LogP contribution in [0.15, 0.2) is 23.4 Å². The Morgan fingerprint density at radius 2 is 2.31 bits per heavy atom. The maximum atomic E-state index is 13.0. The highest BCUT2D eigenvalue weighted by Crippen LogP contribution is 2.20. The molecule has 0 atom stereocenters. The molecule has 0 saturated heterocycles. The fraction of sp³-hybridized carbons (Fsp3) is 0.364. The van der Waals surface area contributed by atoms with Gasteiger partial charge in [-0.05, 0) is 30.5 Å². The van der Waals surface area contributed by atoms with Gasteiger partial charge < -0.3 is 16.3 Å². The van der Waals surface area contributed by atoms with Crippen molar-refractivity contribution in [3.8, 4) is 0 Å². The molecule has 1 aromatic rings. The van der Waals surface area contributed by atoms with E-state index in [1.54, 1.807) is 6.07 Å². The smallest absolute Gasteiger partial charge is 0.170 e. The topological polar surface area (TPSA) is 70.6 Å². The Balaban J connectivity index is 2.20. The minimum atomic E-state index is -0.392. The Labute approximate surface area is 92.9 Å². The number of amidine groups is 1.